The maximum atomic E-state index is 13.5. The first-order valence-corrected chi connectivity index (χ1v) is 13.2. The summed E-state index contributed by atoms with van der Waals surface area (Å²) in [5, 5.41) is 10.5. The van der Waals surface area contributed by atoms with Gasteiger partial charge in [-0.15, -0.1) is 11.3 Å². The summed E-state index contributed by atoms with van der Waals surface area (Å²) in [6.07, 6.45) is 10.6. The number of carbonyl (C=O) groups is 1. The zero-order chi connectivity index (χ0) is 25.3. The molecule has 3 heterocycles. The van der Waals surface area contributed by atoms with Crippen molar-refractivity contribution in [1.82, 2.24) is 20.1 Å². The summed E-state index contributed by atoms with van der Waals surface area (Å²) < 4.78 is 13.4. The third-order valence-corrected chi connectivity index (χ3v) is 7.81. The van der Waals surface area contributed by atoms with Crippen LogP contribution in [0.3, 0.4) is 0 Å². The molecule has 188 valence electrons. The van der Waals surface area contributed by atoms with Crippen molar-refractivity contribution in [2.45, 2.75) is 46.3 Å². The van der Waals surface area contributed by atoms with Crippen LogP contribution in [0.25, 0.3) is 16.4 Å². The Kier molecular flexibility index (Phi) is 6.92. The van der Waals surface area contributed by atoms with Gasteiger partial charge in [-0.3, -0.25) is 4.79 Å². The molecule has 36 heavy (non-hydrogen) atoms. The van der Waals surface area contributed by atoms with Crippen LogP contribution >= 0.6 is 11.3 Å². The van der Waals surface area contributed by atoms with E-state index in [1.807, 2.05) is 18.4 Å². The third-order valence-electron chi connectivity index (χ3n) is 6.99. The van der Waals surface area contributed by atoms with Gasteiger partial charge >= 0.3 is 0 Å². The average Bonchev–Trinajstić information content (AvgIpc) is 3.52. The number of amides is 1. The molecule has 1 aliphatic heterocycles. The van der Waals surface area contributed by atoms with Crippen LogP contribution in [0.2, 0.25) is 0 Å². The SMILES string of the molecule is CCc1c(C(=O)NC2COCOC2C2C=CC=CC2(C)C)cnn1-c1nc(-c2ccc(C)cc2)cs1. The molecule has 7 nitrogen and oxygen atoms in total. The van der Waals surface area contributed by atoms with Gasteiger partial charge < -0.3 is 14.8 Å². The van der Waals surface area contributed by atoms with E-state index >= 15 is 0 Å². The van der Waals surface area contributed by atoms with Crippen LogP contribution in [0.15, 0.2) is 60.1 Å². The first-order chi connectivity index (χ1) is 17.4. The second kappa shape index (κ2) is 10.1. The smallest absolute Gasteiger partial charge is 0.255 e. The molecule has 1 fully saturated rings. The van der Waals surface area contributed by atoms with Crippen molar-refractivity contribution in [2.24, 2.45) is 11.3 Å². The van der Waals surface area contributed by atoms with Crippen LogP contribution in [0.4, 0.5) is 0 Å². The number of hydrogen-bond donors (Lipinski definition) is 1. The van der Waals surface area contributed by atoms with Gasteiger partial charge in [0.1, 0.15) is 6.79 Å². The molecule has 0 saturated carbocycles. The lowest BCUT2D eigenvalue weighted by Gasteiger charge is -2.42. The van der Waals surface area contributed by atoms with Gasteiger partial charge in [-0.2, -0.15) is 5.10 Å². The van der Waals surface area contributed by atoms with Crippen molar-refractivity contribution in [3.63, 3.8) is 0 Å². The molecule has 5 rings (SSSR count). The number of rotatable bonds is 6. The summed E-state index contributed by atoms with van der Waals surface area (Å²) in [6, 6.07) is 8.02. The molecule has 3 atom stereocenters. The highest BCUT2D eigenvalue weighted by molar-refractivity contribution is 7.12. The molecule has 1 amide bonds. The molecule has 3 aromatic rings. The first-order valence-electron chi connectivity index (χ1n) is 12.3. The lowest BCUT2D eigenvalue weighted by molar-refractivity contribution is -0.172. The molecular weight excluding hydrogens is 472 g/mol. The number of thiazole rings is 1. The van der Waals surface area contributed by atoms with Crippen molar-refractivity contribution in [3.05, 3.63) is 77.0 Å². The highest BCUT2D eigenvalue weighted by Gasteiger charge is 2.41. The number of nitrogens with zero attached hydrogens (tertiary/aromatic N) is 3. The van der Waals surface area contributed by atoms with Gasteiger partial charge in [0.05, 0.1) is 41.9 Å². The van der Waals surface area contributed by atoms with E-state index in [-0.39, 0.29) is 36.2 Å². The topological polar surface area (TPSA) is 78.3 Å². The second-order valence-electron chi connectivity index (χ2n) is 9.94. The van der Waals surface area contributed by atoms with E-state index in [1.54, 1.807) is 10.9 Å². The highest BCUT2D eigenvalue weighted by atomic mass is 32.1. The Morgan fingerprint density at radius 2 is 2.06 bits per heavy atom. The van der Waals surface area contributed by atoms with E-state index in [4.69, 9.17) is 14.5 Å². The molecule has 1 aromatic carbocycles. The van der Waals surface area contributed by atoms with E-state index in [2.05, 4.69) is 73.7 Å². The maximum absolute atomic E-state index is 13.5. The van der Waals surface area contributed by atoms with Gasteiger partial charge in [-0.25, -0.2) is 9.67 Å². The number of aromatic nitrogens is 3. The predicted octanol–water partition coefficient (Wildman–Crippen LogP) is 5.11. The Morgan fingerprint density at radius 3 is 2.81 bits per heavy atom. The van der Waals surface area contributed by atoms with Crippen LogP contribution < -0.4 is 5.32 Å². The number of allylic oxidation sites excluding steroid dienone is 3. The van der Waals surface area contributed by atoms with Crippen molar-refractivity contribution in [3.8, 4) is 16.4 Å². The standard InChI is InChI=1S/C28H32N4O3S/c1-5-24-20(14-29-32(24)27-31-23(16-36-27)19-11-9-18(2)10-12-19)26(33)30-22-15-34-17-35-25(22)21-8-6-7-13-28(21,3)4/h6-14,16,21-22,25H,5,15,17H2,1-4H3,(H,30,33). The fourth-order valence-electron chi connectivity index (χ4n) is 4.90. The average molecular weight is 505 g/mol. The Bertz CT molecular complexity index is 1290. The van der Waals surface area contributed by atoms with E-state index in [1.165, 1.54) is 16.9 Å². The van der Waals surface area contributed by atoms with Crippen LogP contribution in [0.5, 0.6) is 0 Å². The van der Waals surface area contributed by atoms with Crippen LogP contribution in [0, 0.1) is 18.3 Å². The van der Waals surface area contributed by atoms with Crippen LogP contribution in [0.1, 0.15) is 42.4 Å². The van der Waals surface area contributed by atoms with Gasteiger partial charge in [0, 0.05) is 16.9 Å². The number of aryl methyl sites for hydroxylation is 1. The summed E-state index contributed by atoms with van der Waals surface area (Å²) in [5.41, 5.74) is 4.46. The zero-order valence-electron chi connectivity index (χ0n) is 21.1. The Balaban J connectivity index is 1.37. The number of hydrogen-bond acceptors (Lipinski definition) is 6. The van der Waals surface area contributed by atoms with Crippen molar-refractivity contribution in [1.29, 1.82) is 0 Å². The van der Waals surface area contributed by atoms with Gasteiger partial charge in [0.15, 0.2) is 0 Å². The summed E-state index contributed by atoms with van der Waals surface area (Å²) in [6.45, 7) is 9.10. The number of ether oxygens (including phenoxy) is 2. The van der Waals surface area contributed by atoms with Crippen molar-refractivity contribution >= 4 is 17.2 Å². The van der Waals surface area contributed by atoms with Crippen molar-refractivity contribution < 1.29 is 14.3 Å². The van der Waals surface area contributed by atoms with E-state index in [9.17, 15) is 4.79 Å². The minimum absolute atomic E-state index is 0.0841. The lowest BCUT2D eigenvalue weighted by atomic mass is 9.71. The minimum Gasteiger partial charge on any atom is -0.353 e. The monoisotopic (exact) mass is 504 g/mol. The maximum Gasteiger partial charge on any atom is 0.255 e. The zero-order valence-corrected chi connectivity index (χ0v) is 21.9. The third kappa shape index (κ3) is 4.81. The van der Waals surface area contributed by atoms with E-state index < -0.39 is 0 Å². The molecule has 2 aromatic heterocycles. The molecular formula is C28H32N4O3S. The van der Waals surface area contributed by atoms with E-state index in [0.29, 0.717) is 18.6 Å². The Morgan fingerprint density at radius 1 is 1.25 bits per heavy atom. The quantitative estimate of drug-likeness (QED) is 0.505. The summed E-state index contributed by atoms with van der Waals surface area (Å²) in [5.74, 6) is -0.0498. The molecule has 1 saturated heterocycles. The summed E-state index contributed by atoms with van der Waals surface area (Å²) >= 11 is 1.51. The largest absolute Gasteiger partial charge is 0.353 e. The summed E-state index contributed by atoms with van der Waals surface area (Å²) in [7, 11) is 0. The minimum atomic E-state index is -0.271. The first kappa shape index (κ1) is 24.6. The van der Waals surface area contributed by atoms with Gasteiger partial charge in [-0.1, -0.05) is 74.9 Å². The van der Waals surface area contributed by atoms with Crippen LogP contribution in [-0.2, 0) is 15.9 Å². The summed E-state index contributed by atoms with van der Waals surface area (Å²) in [4.78, 5) is 18.3. The van der Waals surface area contributed by atoms with Crippen molar-refractivity contribution in [2.75, 3.05) is 13.4 Å². The fraction of sp³-hybridized carbons (Fsp3) is 0.393. The predicted molar refractivity (Wildman–Crippen MR) is 141 cm³/mol. The van der Waals surface area contributed by atoms with Gasteiger partial charge in [-0.05, 0) is 18.8 Å². The lowest BCUT2D eigenvalue weighted by Crippen LogP contribution is -2.55. The molecule has 8 heteroatoms. The van der Waals surface area contributed by atoms with Gasteiger partial charge in [0.25, 0.3) is 5.91 Å². The molecule has 1 aliphatic carbocycles. The number of carbonyl (C=O) groups excluding carboxylic acids is 1. The molecule has 0 spiro atoms. The van der Waals surface area contributed by atoms with Gasteiger partial charge in [0.2, 0.25) is 5.13 Å². The fourth-order valence-corrected chi connectivity index (χ4v) is 5.72. The highest BCUT2D eigenvalue weighted by Crippen LogP contribution is 2.38. The number of nitrogens with one attached hydrogen (secondary N) is 1. The molecule has 0 radical (unpaired) electrons. The number of benzene rings is 1. The normalized spacial score (nSPS) is 23.1. The Labute approximate surface area is 215 Å². The molecule has 0 bridgehead atoms. The van der Waals surface area contributed by atoms with Crippen LogP contribution in [-0.4, -0.2) is 46.2 Å². The molecule has 2 aliphatic rings. The van der Waals surface area contributed by atoms with E-state index in [0.717, 1.165) is 22.1 Å². The molecule has 1 N–H and O–H groups in total. The second-order valence-corrected chi connectivity index (χ2v) is 10.8. The Hall–Kier alpha value is -3.07. The molecule has 3 unspecified atom stereocenters.